The Morgan fingerprint density at radius 3 is 2.22 bits per heavy atom. The molecule has 1 unspecified atom stereocenters. The molecule has 0 heterocycles. The predicted octanol–water partition coefficient (Wildman–Crippen LogP) is -1.37. The summed E-state index contributed by atoms with van der Waals surface area (Å²) < 4.78 is 6.71. The standard InChI is InChI=1S/C13H17NO9/c1-7(11(19)20)14-10(18)8(4-2-3-5-15)13(23,12(21)22)6-9(16)17/h2,4-5,7-8,23H,3,6H2,1H3,(H,14,18)(H,16,17)(H,19,20)(H,21,22)/b4-2+/t7?,8-,13+/m1/s1/i5D. The first-order valence-electron chi connectivity index (χ1n) is 6.78. The lowest BCUT2D eigenvalue weighted by molar-refractivity contribution is -0.172. The van der Waals surface area contributed by atoms with Crippen LogP contribution in [0.15, 0.2) is 12.2 Å². The van der Waals surface area contributed by atoms with Crippen LogP contribution in [0.3, 0.4) is 0 Å². The summed E-state index contributed by atoms with van der Waals surface area (Å²) in [5, 5.41) is 38.7. The van der Waals surface area contributed by atoms with E-state index in [1.165, 1.54) is 0 Å². The highest BCUT2D eigenvalue weighted by molar-refractivity contribution is 5.94. The van der Waals surface area contributed by atoms with Crippen LogP contribution in [-0.4, -0.2) is 62.1 Å². The largest absolute Gasteiger partial charge is 0.481 e. The maximum Gasteiger partial charge on any atom is 0.337 e. The summed E-state index contributed by atoms with van der Waals surface area (Å²) in [7, 11) is 0. The van der Waals surface area contributed by atoms with Crippen molar-refractivity contribution in [2.75, 3.05) is 0 Å². The molecule has 0 fully saturated rings. The number of hydrogen-bond donors (Lipinski definition) is 5. The summed E-state index contributed by atoms with van der Waals surface area (Å²) >= 11 is 0. The average Bonchev–Trinajstić information content (AvgIpc) is 2.41. The van der Waals surface area contributed by atoms with Crippen LogP contribution in [0.25, 0.3) is 0 Å². The van der Waals surface area contributed by atoms with Crippen LogP contribution in [0.1, 0.15) is 21.1 Å². The molecule has 0 rings (SSSR count). The van der Waals surface area contributed by atoms with Gasteiger partial charge in [0.1, 0.15) is 13.7 Å². The Bertz CT molecular complexity index is 574. The first-order valence-corrected chi connectivity index (χ1v) is 6.28. The number of allylic oxidation sites excluding steroid dienone is 1. The molecule has 0 saturated carbocycles. The summed E-state index contributed by atoms with van der Waals surface area (Å²) in [6.45, 7) is 1.07. The third-order valence-corrected chi connectivity index (χ3v) is 2.85. The molecular weight excluding hydrogens is 314 g/mol. The van der Waals surface area contributed by atoms with Gasteiger partial charge in [-0.15, -0.1) is 0 Å². The molecule has 10 nitrogen and oxygen atoms in total. The van der Waals surface area contributed by atoms with Gasteiger partial charge >= 0.3 is 17.9 Å². The fourth-order valence-electron chi connectivity index (χ4n) is 1.63. The van der Waals surface area contributed by atoms with Gasteiger partial charge in [-0.25, -0.2) is 4.79 Å². The van der Waals surface area contributed by atoms with E-state index < -0.39 is 60.5 Å². The normalized spacial score (nSPS) is 16.7. The number of carboxylic acids is 3. The number of hydrogen-bond acceptors (Lipinski definition) is 6. The van der Waals surface area contributed by atoms with E-state index in [0.717, 1.165) is 19.1 Å². The monoisotopic (exact) mass is 332 g/mol. The number of rotatable bonds is 10. The van der Waals surface area contributed by atoms with E-state index in [2.05, 4.69) is 0 Å². The molecule has 0 saturated heterocycles. The van der Waals surface area contributed by atoms with Crippen molar-refractivity contribution in [1.82, 2.24) is 5.32 Å². The minimum Gasteiger partial charge on any atom is -0.481 e. The Kier molecular flexibility index (Phi) is 6.87. The Labute approximate surface area is 131 Å². The van der Waals surface area contributed by atoms with E-state index in [1.54, 1.807) is 0 Å². The molecule has 0 aliphatic rings. The van der Waals surface area contributed by atoms with Crippen LogP contribution in [0.5, 0.6) is 0 Å². The maximum atomic E-state index is 12.1. The molecule has 0 bridgehead atoms. The Morgan fingerprint density at radius 2 is 1.83 bits per heavy atom. The summed E-state index contributed by atoms with van der Waals surface area (Å²) in [6, 6.07) is -1.44. The predicted molar refractivity (Wildman–Crippen MR) is 73.4 cm³/mol. The minimum atomic E-state index is -3.07. The highest BCUT2D eigenvalue weighted by atomic mass is 16.4. The number of carbonyl (C=O) groups excluding carboxylic acids is 2. The van der Waals surface area contributed by atoms with Crippen molar-refractivity contribution in [1.29, 1.82) is 0 Å². The number of nitrogens with one attached hydrogen (secondary N) is 1. The van der Waals surface area contributed by atoms with E-state index >= 15 is 0 Å². The summed E-state index contributed by atoms with van der Waals surface area (Å²) in [5.74, 6) is -8.43. The third-order valence-electron chi connectivity index (χ3n) is 2.85. The lowest BCUT2D eigenvalue weighted by atomic mass is 9.83. The lowest BCUT2D eigenvalue weighted by Crippen LogP contribution is -2.54. The number of amides is 1. The smallest absolute Gasteiger partial charge is 0.337 e. The van der Waals surface area contributed by atoms with Crippen molar-refractivity contribution in [2.24, 2.45) is 5.92 Å². The van der Waals surface area contributed by atoms with Crippen molar-refractivity contribution in [3.63, 3.8) is 0 Å². The van der Waals surface area contributed by atoms with Gasteiger partial charge in [0.25, 0.3) is 0 Å². The first kappa shape index (κ1) is 18.3. The number of aliphatic hydroxyl groups is 1. The molecular formula is C13H17NO9. The topological polar surface area (TPSA) is 178 Å². The quantitative estimate of drug-likeness (QED) is 0.238. The van der Waals surface area contributed by atoms with Gasteiger partial charge in [0.2, 0.25) is 5.91 Å². The summed E-state index contributed by atoms with van der Waals surface area (Å²) in [5.41, 5.74) is -3.07. The van der Waals surface area contributed by atoms with Crippen LogP contribution >= 0.6 is 0 Å². The van der Waals surface area contributed by atoms with E-state index in [4.69, 9.17) is 16.7 Å². The van der Waals surface area contributed by atoms with Gasteiger partial charge in [0.05, 0.1) is 12.3 Å². The van der Waals surface area contributed by atoms with E-state index in [9.17, 15) is 29.1 Å². The molecule has 0 radical (unpaired) electrons. The summed E-state index contributed by atoms with van der Waals surface area (Å²) in [4.78, 5) is 55.5. The second-order valence-corrected chi connectivity index (χ2v) is 4.62. The fourth-order valence-corrected chi connectivity index (χ4v) is 1.63. The maximum absolute atomic E-state index is 12.1. The van der Waals surface area contributed by atoms with Crippen LogP contribution in [0.2, 0.25) is 0 Å². The molecule has 0 aromatic carbocycles. The molecule has 23 heavy (non-hydrogen) atoms. The molecule has 0 aromatic heterocycles. The average molecular weight is 332 g/mol. The SMILES string of the molecule is [2H]C(=O)C/C=C/[C@H](C(=O)NC(C)C(=O)O)[C@@](O)(CC(=O)O)C(=O)O. The highest BCUT2D eigenvalue weighted by Crippen LogP contribution is 2.25. The first-order chi connectivity index (χ1) is 10.9. The van der Waals surface area contributed by atoms with Gasteiger partial charge in [-0.05, 0) is 6.92 Å². The van der Waals surface area contributed by atoms with E-state index in [0.29, 0.717) is 0 Å². The number of aldehydes is 1. The molecule has 5 N–H and O–H groups in total. The van der Waals surface area contributed by atoms with Gasteiger partial charge < -0.3 is 30.5 Å². The van der Waals surface area contributed by atoms with Crippen LogP contribution in [-0.2, 0) is 24.0 Å². The van der Waals surface area contributed by atoms with Crippen molar-refractivity contribution in [2.45, 2.75) is 31.4 Å². The summed E-state index contributed by atoms with van der Waals surface area (Å²) in [6.07, 6.45) is -1.25. The van der Waals surface area contributed by atoms with Crippen molar-refractivity contribution in [3.8, 4) is 0 Å². The van der Waals surface area contributed by atoms with Gasteiger partial charge in [-0.2, -0.15) is 0 Å². The zero-order valence-electron chi connectivity index (χ0n) is 13.1. The second-order valence-electron chi connectivity index (χ2n) is 4.62. The Hall–Kier alpha value is -2.75. The number of carbonyl (C=O) groups is 5. The molecule has 0 spiro atoms. The molecule has 10 heteroatoms. The molecule has 1 amide bonds. The molecule has 0 aromatic rings. The Morgan fingerprint density at radius 1 is 1.26 bits per heavy atom. The highest BCUT2D eigenvalue weighted by Gasteiger charge is 2.49. The number of carboxylic acid groups (broad SMARTS) is 3. The molecule has 3 atom stereocenters. The van der Waals surface area contributed by atoms with Gasteiger partial charge in [-0.3, -0.25) is 14.4 Å². The molecule has 0 aliphatic carbocycles. The Balaban J connectivity index is 5.73. The second kappa shape index (κ2) is 8.63. The molecule has 128 valence electrons. The third kappa shape index (κ3) is 5.87. The van der Waals surface area contributed by atoms with Crippen molar-refractivity contribution in [3.05, 3.63) is 12.2 Å². The van der Waals surface area contributed by atoms with Gasteiger partial charge in [0, 0.05) is 6.42 Å². The minimum absolute atomic E-state index is 0.513. The van der Waals surface area contributed by atoms with Gasteiger partial charge in [-0.1, -0.05) is 12.2 Å². The van der Waals surface area contributed by atoms with Crippen molar-refractivity contribution >= 4 is 30.1 Å². The van der Waals surface area contributed by atoms with E-state index in [1.807, 2.05) is 5.32 Å². The fraction of sp³-hybridized carbons (Fsp3) is 0.462. The molecule has 0 aliphatic heterocycles. The van der Waals surface area contributed by atoms with E-state index in [-0.39, 0.29) is 0 Å². The van der Waals surface area contributed by atoms with Gasteiger partial charge in [0.15, 0.2) is 5.60 Å². The van der Waals surface area contributed by atoms with Crippen LogP contribution in [0, 0.1) is 5.92 Å². The lowest BCUT2D eigenvalue weighted by Gasteiger charge is -2.29. The van der Waals surface area contributed by atoms with Crippen LogP contribution < -0.4 is 5.32 Å². The zero-order chi connectivity index (χ0) is 19.1. The zero-order valence-corrected chi connectivity index (χ0v) is 12.1. The van der Waals surface area contributed by atoms with Crippen LogP contribution in [0.4, 0.5) is 0 Å². The van der Waals surface area contributed by atoms with Crippen molar-refractivity contribution < 1.29 is 45.8 Å². The number of aliphatic carboxylic acids is 3.